The fourth-order valence-corrected chi connectivity index (χ4v) is 2.66. The third-order valence-corrected chi connectivity index (χ3v) is 3.91. The van der Waals surface area contributed by atoms with E-state index in [0.29, 0.717) is 5.95 Å². The van der Waals surface area contributed by atoms with Crippen molar-refractivity contribution >= 4 is 28.6 Å². The summed E-state index contributed by atoms with van der Waals surface area (Å²) >= 11 is 0. The molecule has 3 aromatic heterocycles. The van der Waals surface area contributed by atoms with Crippen molar-refractivity contribution in [3.05, 3.63) is 61.2 Å². The van der Waals surface area contributed by atoms with E-state index in [0.717, 1.165) is 41.3 Å². The van der Waals surface area contributed by atoms with Crippen molar-refractivity contribution in [1.82, 2.24) is 24.5 Å². The van der Waals surface area contributed by atoms with Gasteiger partial charge < -0.3 is 10.6 Å². The molecular weight excluding hydrogens is 326 g/mol. The van der Waals surface area contributed by atoms with Crippen LogP contribution >= 0.6 is 0 Å². The van der Waals surface area contributed by atoms with Crippen LogP contribution in [0.5, 0.6) is 0 Å². The van der Waals surface area contributed by atoms with Crippen LogP contribution in [0.1, 0.15) is 13.3 Å². The fourth-order valence-electron chi connectivity index (χ4n) is 2.66. The number of para-hydroxylation sites is 1. The van der Waals surface area contributed by atoms with Crippen LogP contribution in [0.2, 0.25) is 0 Å². The maximum atomic E-state index is 4.69. The maximum absolute atomic E-state index is 4.69. The predicted octanol–water partition coefficient (Wildman–Crippen LogP) is 3.78. The lowest BCUT2D eigenvalue weighted by Gasteiger charge is -2.10. The number of nitrogens with zero attached hydrogens (tertiary/aromatic N) is 5. The average Bonchev–Trinajstić information content (AvgIpc) is 3.12. The van der Waals surface area contributed by atoms with E-state index in [1.165, 1.54) is 0 Å². The second kappa shape index (κ2) is 7.18. The second-order valence-electron chi connectivity index (χ2n) is 5.81. The molecule has 130 valence electrons. The molecule has 2 N–H and O–H groups in total. The van der Waals surface area contributed by atoms with Gasteiger partial charge in [-0.2, -0.15) is 9.97 Å². The number of nitrogens with one attached hydrogen (secondary N) is 2. The molecule has 26 heavy (non-hydrogen) atoms. The molecule has 1 aromatic carbocycles. The lowest BCUT2D eigenvalue weighted by molar-refractivity contribution is 0.968. The first-order valence-electron chi connectivity index (χ1n) is 8.56. The zero-order chi connectivity index (χ0) is 17.8. The van der Waals surface area contributed by atoms with Gasteiger partial charge in [0.2, 0.25) is 5.95 Å². The molecule has 7 nitrogen and oxygen atoms in total. The molecule has 0 unspecified atom stereocenters. The van der Waals surface area contributed by atoms with E-state index in [2.05, 4.69) is 32.5 Å². The van der Waals surface area contributed by atoms with E-state index in [1.807, 2.05) is 47.0 Å². The molecule has 4 rings (SSSR count). The largest absolute Gasteiger partial charge is 0.368 e. The van der Waals surface area contributed by atoms with Crippen LogP contribution in [0.15, 0.2) is 61.2 Å². The van der Waals surface area contributed by atoms with Crippen LogP contribution in [0.3, 0.4) is 0 Å². The normalized spacial score (nSPS) is 10.8. The third kappa shape index (κ3) is 3.19. The SMILES string of the molecule is CCCNc1nc(Nc2ccncc2)nc2c1ncn2-c1ccccc1. The van der Waals surface area contributed by atoms with Crippen molar-refractivity contribution < 1.29 is 0 Å². The van der Waals surface area contributed by atoms with Gasteiger partial charge in [0.05, 0.1) is 0 Å². The zero-order valence-corrected chi connectivity index (χ0v) is 14.4. The van der Waals surface area contributed by atoms with Gasteiger partial charge in [-0.25, -0.2) is 4.98 Å². The highest BCUT2D eigenvalue weighted by Crippen LogP contribution is 2.24. The minimum Gasteiger partial charge on any atom is -0.368 e. The lowest BCUT2D eigenvalue weighted by atomic mass is 10.3. The Bertz CT molecular complexity index is 997. The van der Waals surface area contributed by atoms with E-state index >= 15 is 0 Å². The molecule has 0 radical (unpaired) electrons. The summed E-state index contributed by atoms with van der Waals surface area (Å²) in [4.78, 5) is 17.9. The van der Waals surface area contributed by atoms with Crippen LogP contribution < -0.4 is 10.6 Å². The maximum Gasteiger partial charge on any atom is 0.231 e. The summed E-state index contributed by atoms with van der Waals surface area (Å²) in [6.45, 7) is 2.93. The Morgan fingerprint density at radius 1 is 1.00 bits per heavy atom. The first-order chi connectivity index (χ1) is 12.8. The second-order valence-corrected chi connectivity index (χ2v) is 5.81. The van der Waals surface area contributed by atoms with E-state index < -0.39 is 0 Å². The first-order valence-corrected chi connectivity index (χ1v) is 8.56. The van der Waals surface area contributed by atoms with Crippen molar-refractivity contribution in [2.75, 3.05) is 17.2 Å². The van der Waals surface area contributed by atoms with E-state index in [1.54, 1.807) is 18.7 Å². The first kappa shape index (κ1) is 16.0. The van der Waals surface area contributed by atoms with Crippen molar-refractivity contribution in [3.8, 4) is 5.69 Å². The highest BCUT2D eigenvalue weighted by atomic mass is 15.2. The fraction of sp³-hybridized carbons (Fsp3) is 0.158. The van der Waals surface area contributed by atoms with Crippen LogP contribution in [0.25, 0.3) is 16.9 Å². The monoisotopic (exact) mass is 345 g/mol. The molecule has 7 heteroatoms. The lowest BCUT2D eigenvalue weighted by Crippen LogP contribution is -2.07. The van der Waals surface area contributed by atoms with Crippen molar-refractivity contribution in [2.45, 2.75) is 13.3 Å². The molecule has 0 atom stereocenters. The molecule has 0 aliphatic carbocycles. The van der Waals surface area contributed by atoms with Crippen molar-refractivity contribution in [3.63, 3.8) is 0 Å². The highest BCUT2D eigenvalue weighted by Gasteiger charge is 2.14. The van der Waals surface area contributed by atoms with Crippen molar-refractivity contribution in [2.24, 2.45) is 0 Å². The third-order valence-electron chi connectivity index (χ3n) is 3.91. The van der Waals surface area contributed by atoms with Gasteiger partial charge in [0.25, 0.3) is 0 Å². The number of fused-ring (bicyclic) bond motifs is 1. The zero-order valence-electron chi connectivity index (χ0n) is 14.4. The summed E-state index contributed by atoms with van der Waals surface area (Å²) < 4.78 is 1.96. The number of benzene rings is 1. The van der Waals surface area contributed by atoms with Crippen LogP contribution in [-0.4, -0.2) is 31.0 Å². The Morgan fingerprint density at radius 3 is 2.58 bits per heavy atom. The smallest absolute Gasteiger partial charge is 0.231 e. The molecule has 0 fully saturated rings. The van der Waals surface area contributed by atoms with E-state index in [-0.39, 0.29) is 0 Å². The predicted molar refractivity (Wildman–Crippen MR) is 103 cm³/mol. The van der Waals surface area contributed by atoms with Gasteiger partial charge >= 0.3 is 0 Å². The number of hydrogen-bond donors (Lipinski definition) is 2. The molecular formula is C19H19N7. The Morgan fingerprint density at radius 2 is 1.81 bits per heavy atom. The molecule has 0 spiro atoms. The van der Waals surface area contributed by atoms with Crippen LogP contribution in [-0.2, 0) is 0 Å². The van der Waals surface area contributed by atoms with Gasteiger partial charge in [-0.15, -0.1) is 0 Å². The number of imidazole rings is 1. The Hall–Kier alpha value is -3.48. The number of hydrogen-bond acceptors (Lipinski definition) is 6. The summed E-state index contributed by atoms with van der Waals surface area (Å²) in [6.07, 6.45) is 6.23. The molecule has 0 aliphatic rings. The number of rotatable bonds is 6. The Kier molecular flexibility index (Phi) is 4.42. The summed E-state index contributed by atoms with van der Waals surface area (Å²) in [5, 5.41) is 6.59. The van der Waals surface area contributed by atoms with Crippen LogP contribution in [0, 0.1) is 0 Å². The Balaban J connectivity index is 1.82. The van der Waals surface area contributed by atoms with Gasteiger partial charge in [0.1, 0.15) is 6.33 Å². The summed E-state index contributed by atoms with van der Waals surface area (Å²) in [5.74, 6) is 1.24. The average molecular weight is 345 g/mol. The molecule has 0 aliphatic heterocycles. The standard InChI is InChI=1S/C19H19N7/c1-2-10-21-17-16-18(26(13-22-16)15-6-4-3-5-7-15)25-19(24-17)23-14-8-11-20-12-9-14/h3-9,11-13H,2,10H2,1H3,(H2,20,21,23,24,25). The minimum atomic E-state index is 0.514. The summed E-state index contributed by atoms with van der Waals surface area (Å²) in [7, 11) is 0. The van der Waals surface area contributed by atoms with Crippen molar-refractivity contribution in [1.29, 1.82) is 0 Å². The van der Waals surface area contributed by atoms with E-state index in [4.69, 9.17) is 4.98 Å². The molecule has 0 saturated carbocycles. The van der Waals surface area contributed by atoms with E-state index in [9.17, 15) is 0 Å². The Labute approximate surface area is 151 Å². The molecule has 3 heterocycles. The summed E-state index contributed by atoms with van der Waals surface area (Å²) in [6, 6.07) is 13.8. The van der Waals surface area contributed by atoms with Gasteiger partial charge in [-0.3, -0.25) is 9.55 Å². The molecule has 0 amide bonds. The summed E-state index contributed by atoms with van der Waals surface area (Å²) in [5.41, 5.74) is 3.39. The number of aromatic nitrogens is 5. The van der Waals surface area contributed by atoms with Gasteiger partial charge in [-0.1, -0.05) is 25.1 Å². The molecule has 0 bridgehead atoms. The van der Waals surface area contributed by atoms with Gasteiger partial charge in [0, 0.05) is 30.3 Å². The highest BCUT2D eigenvalue weighted by molar-refractivity contribution is 5.85. The minimum absolute atomic E-state index is 0.514. The molecule has 0 saturated heterocycles. The quantitative estimate of drug-likeness (QED) is 0.553. The van der Waals surface area contributed by atoms with Gasteiger partial charge in [0.15, 0.2) is 17.0 Å². The molecule has 4 aromatic rings. The van der Waals surface area contributed by atoms with Crippen LogP contribution in [0.4, 0.5) is 17.5 Å². The van der Waals surface area contributed by atoms with Gasteiger partial charge in [-0.05, 0) is 30.7 Å². The number of anilines is 3. The topological polar surface area (TPSA) is 80.6 Å². The number of pyridine rings is 1.